The summed E-state index contributed by atoms with van der Waals surface area (Å²) < 4.78 is 5.80. The molecule has 0 unspecified atom stereocenters. The van der Waals surface area contributed by atoms with E-state index in [2.05, 4.69) is 5.32 Å². The van der Waals surface area contributed by atoms with Crippen molar-refractivity contribution in [2.45, 2.75) is 44.9 Å². The van der Waals surface area contributed by atoms with Gasteiger partial charge in [0.25, 0.3) is 11.1 Å². The molecule has 1 N–H and O–H groups in total. The number of benzene rings is 1. The van der Waals surface area contributed by atoms with E-state index in [0.29, 0.717) is 22.1 Å². The number of carbonyl (C=O) groups excluding carboxylic acids is 2. The van der Waals surface area contributed by atoms with Crippen LogP contribution in [0.25, 0.3) is 6.08 Å². The van der Waals surface area contributed by atoms with Crippen molar-refractivity contribution < 1.29 is 14.3 Å². The van der Waals surface area contributed by atoms with Gasteiger partial charge in [-0.25, -0.2) is 0 Å². The number of imide groups is 1. The molecule has 0 bridgehead atoms. The van der Waals surface area contributed by atoms with E-state index in [-0.39, 0.29) is 11.1 Å². The van der Waals surface area contributed by atoms with E-state index >= 15 is 0 Å². The molecule has 2 fully saturated rings. The summed E-state index contributed by atoms with van der Waals surface area (Å²) in [5.74, 6) is 1.22. The molecule has 0 spiro atoms. The molecule has 1 aromatic carbocycles. The Morgan fingerprint density at radius 3 is 2.72 bits per heavy atom. The summed E-state index contributed by atoms with van der Waals surface area (Å²) in [5, 5.41) is 2.38. The minimum absolute atomic E-state index is 0.355. The average Bonchev–Trinajstić information content (AvgIpc) is 2.92. The van der Waals surface area contributed by atoms with Crippen LogP contribution in [0.15, 0.2) is 23.1 Å². The van der Waals surface area contributed by atoms with Gasteiger partial charge in [0.15, 0.2) is 0 Å². The highest BCUT2D eigenvalue weighted by Crippen LogP contribution is 2.30. The van der Waals surface area contributed by atoms with Gasteiger partial charge in [-0.2, -0.15) is 0 Å². The lowest BCUT2D eigenvalue weighted by Gasteiger charge is -2.21. The monoisotopic (exact) mass is 379 g/mol. The number of carbonyl (C=O) groups is 2. The Morgan fingerprint density at radius 1 is 1.24 bits per heavy atom. The maximum atomic E-state index is 11.6. The van der Waals surface area contributed by atoms with E-state index in [1.54, 1.807) is 12.1 Å². The normalized spacial score (nSPS) is 20.1. The smallest absolute Gasteiger partial charge is 0.290 e. The summed E-state index contributed by atoms with van der Waals surface area (Å²) in [6.45, 7) is 0.694. The standard InChI is InChI=1S/C19H22ClNO3S/c20-16-12-15(24-10-4-7-13-5-2-1-3-6-13)9-8-14(16)11-17-18(22)21-19(23)25-17/h8-9,11-13H,1-7,10H2,(H,21,22,23)/b17-11-. The van der Waals surface area contributed by atoms with Crippen LogP contribution in [0.3, 0.4) is 0 Å². The molecule has 0 aromatic heterocycles. The quantitative estimate of drug-likeness (QED) is 0.530. The first-order valence-corrected chi connectivity index (χ1v) is 9.98. The highest BCUT2D eigenvalue weighted by Gasteiger charge is 2.25. The highest BCUT2D eigenvalue weighted by molar-refractivity contribution is 8.18. The first-order chi connectivity index (χ1) is 12.1. The molecule has 6 heteroatoms. The Labute approximate surface area is 157 Å². The van der Waals surface area contributed by atoms with Gasteiger partial charge in [0.2, 0.25) is 0 Å². The van der Waals surface area contributed by atoms with Crippen LogP contribution >= 0.6 is 23.4 Å². The van der Waals surface area contributed by atoms with Gasteiger partial charge in [0, 0.05) is 0 Å². The second-order valence-corrected chi connectivity index (χ2v) is 7.95. The van der Waals surface area contributed by atoms with Gasteiger partial charge >= 0.3 is 0 Å². The van der Waals surface area contributed by atoms with E-state index in [0.717, 1.165) is 29.9 Å². The second kappa shape index (κ2) is 8.77. The molecule has 1 saturated carbocycles. The van der Waals surface area contributed by atoms with Crippen molar-refractivity contribution in [3.8, 4) is 5.75 Å². The van der Waals surface area contributed by atoms with Crippen LogP contribution in [0.5, 0.6) is 5.75 Å². The number of hydrogen-bond donors (Lipinski definition) is 1. The van der Waals surface area contributed by atoms with E-state index < -0.39 is 0 Å². The third-order valence-electron chi connectivity index (χ3n) is 4.65. The Balaban J connectivity index is 1.50. The third kappa shape index (κ3) is 5.25. The van der Waals surface area contributed by atoms with Crippen molar-refractivity contribution >= 4 is 40.6 Å². The molecule has 1 heterocycles. The molecule has 1 aliphatic heterocycles. The molecule has 2 amide bonds. The Morgan fingerprint density at radius 2 is 2.04 bits per heavy atom. The van der Waals surface area contributed by atoms with Crippen LogP contribution < -0.4 is 10.1 Å². The van der Waals surface area contributed by atoms with Gasteiger partial charge in [-0.3, -0.25) is 14.9 Å². The number of hydrogen-bond acceptors (Lipinski definition) is 4. The van der Waals surface area contributed by atoms with Crippen molar-refractivity contribution in [3.63, 3.8) is 0 Å². The predicted octanol–water partition coefficient (Wildman–Crippen LogP) is 5.40. The zero-order valence-corrected chi connectivity index (χ0v) is 15.6. The van der Waals surface area contributed by atoms with E-state index in [9.17, 15) is 9.59 Å². The van der Waals surface area contributed by atoms with Crippen LogP contribution in [0.4, 0.5) is 4.79 Å². The number of ether oxygens (including phenoxy) is 1. The summed E-state index contributed by atoms with van der Waals surface area (Å²) in [6, 6.07) is 5.41. The molecular formula is C19H22ClNO3S. The van der Waals surface area contributed by atoms with Crippen LogP contribution in [0, 0.1) is 5.92 Å². The Bertz CT molecular complexity index is 683. The molecular weight excluding hydrogens is 358 g/mol. The number of halogens is 1. The summed E-state index contributed by atoms with van der Waals surface area (Å²) in [4.78, 5) is 23.1. The zero-order chi connectivity index (χ0) is 17.6. The van der Waals surface area contributed by atoms with Crippen LogP contribution in [-0.4, -0.2) is 17.8 Å². The largest absolute Gasteiger partial charge is 0.494 e. The van der Waals surface area contributed by atoms with E-state index in [4.69, 9.17) is 16.3 Å². The first-order valence-electron chi connectivity index (χ1n) is 8.79. The average molecular weight is 380 g/mol. The van der Waals surface area contributed by atoms with Gasteiger partial charge in [-0.1, -0.05) is 43.7 Å². The van der Waals surface area contributed by atoms with Crippen LogP contribution in [0.2, 0.25) is 5.02 Å². The Kier molecular flexibility index (Phi) is 6.43. The molecule has 4 nitrogen and oxygen atoms in total. The number of nitrogens with one attached hydrogen (secondary N) is 1. The van der Waals surface area contributed by atoms with Gasteiger partial charge in [-0.05, 0) is 60.4 Å². The van der Waals surface area contributed by atoms with Gasteiger partial charge in [0.05, 0.1) is 16.5 Å². The van der Waals surface area contributed by atoms with Crippen LogP contribution in [0.1, 0.15) is 50.5 Å². The zero-order valence-electron chi connectivity index (χ0n) is 14.1. The fourth-order valence-electron chi connectivity index (χ4n) is 3.31. The minimum atomic E-state index is -0.380. The summed E-state index contributed by atoms with van der Waals surface area (Å²) in [7, 11) is 0. The molecule has 1 aromatic rings. The topological polar surface area (TPSA) is 55.4 Å². The molecule has 0 radical (unpaired) electrons. The molecule has 2 aliphatic rings. The highest BCUT2D eigenvalue weighted by atomic mass is 35.5. The summed E-state index contributed by atoms with van der Waals surface area (Å²) in [5.41, 5.74) is 0.698. The van der Waals surface area contributed by atoms with E-state index in [1.165, 1.54) is 38.5 Å². The SMILES string of the molecule is O=C1NC(=O)/C(=C/c2ccc(OCCCC3CCCCC3)cc2Cl)S1. The molecule has 3 rings (SSSR count). The minimum Gasteiger partial charge on any atom is -0.494 e. The lowest BCUT2D eigenvalue weighted by atomic mass is 9.86. The van der Waals surface area contributed by atoms with Crippen molar-refractivity contribution in [2.75, 3.05) is 6.61 Å². The maximum absolute atomic E-state index is 11.6. The van der Waals surface area contributed by atoms with Crippen molar-refractivity contribution in [3.05, 3.63) is 33.7 Å². The second-order valence-electron chi connectivity index (χ2n) is 6.53. The molecule has 25 heavy (non-hydrogen) atoms. The molecule has 134 valence electrons. The fraction of sp³-hybridized carbons (Fsp3) is 0.474. The third-order valence-corrected chi connectivity index (χ3v) is 5.79. The summed E-state index contributed by atoms with van der Waals surface area (Å²) in [6.07, 6.45) is 10.8. The number of rotatable bonds is 6. The lowest BCUT2D eigenvalue weighted by Crippen LogP contribution is -2.17. The predicted molar refractivity (Wildman–Crippen MR) is 102 cm³/mol. The van der Waals surface area contributed by atoms with Gasteiger partial charge in [0.1, 0.15) is 5.75 Å². The first kappa shape index (κ1) is 18.3. The van der Waals surface area contributed by atoms with Gasteiger partial charge in [-0.15, -0.1) is 0 Å². The van der Waals surface area contributed by atoms with Crippen molar-refractivity contribution in [2.24, 2.45) is 5.92 Å². The molecule has 1 saturated heterocycles. The van der Waals surface area contributed by atoms with E-state index in [1.807, 2.05) is 12.1 Å². The van der Waals surface area contributed by atoms with Crippen molar-refractivity contribution in [1.82, 2.24) is 5.32 Å². The van der Waals surface area contributed by atoms with Crippen molar-refractivity contribution in [1.29, 1.82) is 0 Å². The van der Waals surface area contributed by atoms with Crippen LogP contribution in [-0.2, 0) is 4.79 Å². The molecule has 0 atom stereocenters. The maximum Gasteiger partial charge on any atom is 0.290 e. The summed E-state index contributed by atoms with van der Waals surface area (Å²) >= 11 is 7.16. The fourth-order valence-corrected chi connectivity index (χ4v) is 4.21. The lowest BCUT2D eigenvalue weighted by molar-refractivity contribution is -0.115. The Hall–Kier alpha value is -1.46. The molecule has 1 aliphatic carbocycles. The number of thioether (sulfide) groups is 1. The van der Waals surface area contributed by atoms with Gasteiger partial charge < -0.3 is 4.74 Å². The number of amides is 2.